The van der Waals surface area contributed by atoms with Crippen LogP contribution in [0.15, 0.2) is 12.7 Å². The van der Waals surface area contributed by atoms with E-state index in [0.717, 1.165) is 19.6 Å². The molecule has 0 fully saturated rings. The second-order valence-electron chi connectivity index (χ2n) is 2.22. The average molecular weight is 175 g/mol. The molecule has 0 saturated carbocycles. The Morgan fingerprint density at radius 3 is 1.67 bits per heavy atom. The monoisotopic (exact) mass is 175 g/mol. The van der Waals surface area contributed by atoms with Gasteiger partial charge in [-0.2, -0.15) is 0 Å². The fourth-order valence-electron chi connectivity index (χ4n) is 0.664. The van der Waals surface area contributed by atoms with Crippen LogP contribution in [0.5, 0.6) is 0 Å². The number of hydrogen-bond donors (Lipinski definition) is 2. The molecular weight excluding hydrogens is 154 g/mol. The standard InChI is InChI=1S/C7H15N.C2H6O2/c1-4-7-8(5-2)6-3;3-1-2-4/h4H,1,5-7H2,2-3H3;3-4H,1-2H2. The molecule has 74 valence electrons. The molecule has 0 radical (unpaired) electrons. The van der Waals surface area contributed by atoms with Crippen molar-refractivity contribution in [1.29, 1.82) is 0 Å². The van der Waals surface area contributed by atoms with Crippen molar-refractivity contribution < 1.29 is 10.2 Å². The van der Waals surface area contributed by atoms with Gasteiger partial charge < -0.3 is 15.1 Å². The van der Waals surface area contributed by atoms with Gasteiger partial charge in [0, 0.05) is 6.54 Å². The molecule has 0 bridgehead atoms. The maximum atomic E-state index is 7.62. The number of hydrogen-bond acceptors (Lipinski definition) is 3. The zero-order valence-electron chi connectivity index (χ0n) is 8.16. The molecule has 2 N–H and O–H groups in total. The van der Waals surface area contributed by atoms with Crippen molar-refractivity contribution >= 4 is 0 Å². The Kier molecular flexibility index (Phi) is 15.6. The fraction of sp³-hybridized carbons (Fsp3) is 0.778. The Labute approximate surface area is 75.3 Å². The molecular formula is C9H21NO2. The van der Waals surface area contributed by atoms with Gasteiger partial charge in [-0.15, -0.1) is 6.58 Å². The smallest absolute Gasteiger partial charge is 0.0662 e. The summed E-state index contributed by atoms with van der Waals surface area (Å²) in [6, 6.07) is 0. The molecule has 0 spiro atoms. The summed E-state index contributed by atoms with van der Waals surface area (Å²) in [4.78, 5) is 2.31. The second-order valence-corrected chi connectivity index (χ2v) is 2.22. The molecule has 0 aromatic rings. The Morgan fingerprint density at radius 1 is 1.17 bits per heavy atom. The number of rotatable bonds is 5. The molecule has 0 aromatic heterocycles. The maximum absolute atomic E-state index is 7.62. The third-order valence-corrected chi connectivity index (χ3v) is 1.38. The highest BCUT2D eigenvalue weighted by molar-refractivity contribution is 4.71. The van der Waals surface area contributed by atoms with Gasteiger partial charge in [0.15, 0.2) is 0 Å². The maximum Gasteiger partial charge on any atom is 0.0662 e. The first kappa shape index (κ1) is 14.2. The molecule has 3 heteroatoms. The molecule has 0 atom stereocenters. The highest BCUT2D eigenvalue weighted by atomic mass is 16.3. The van der Waals surface area contributed by atoms with Gasteiger partial charge in [0.05, 0.1) is 13.2 Å². The van der Waals surface area contributed by atoms with Crippen LogP contribution in [0.1, 0.15) is 13.8 Å². The largest absolute Gasteiger partial charge is 0.394 e. The summed E-state index contributed by atoms with van der Waals surface area (Å²) < 4.78 is 0. The minimum atomic E-state index is -0.125. The number of aliphatic hydroxyl groups is 2. The lowest BCUT2D eigenvalue weighted by Crippen LogP contribution is -2.22. The van der Waals surface area contributed by atoms with Crippen molar-refractivity contribution in [2.45, 2.75) is 13.8 Å². The molecule has 0 aromatic carbocycles. The molecule has 0 aliphatic carbocycles. The molecule has 0 saturated heterocycles. The quantitative estimate of drug-likeness (QED) is 0.597. The second kappa shape index (κ2) is 13.2. The van der Waals surface area contributed by atoms with Crippen LogP contribution in [0.2, 0.25) is 0 Å². The Hall–Kier alpha value is -0.380. The van der Waals surface area contributed by atoms with E-state index in [4.69, 9.17) is 10.2 Å². The van der Waals surface area contributed by atoms with Crippen LogP contribution in [0.3, 0.4) is 0 Å². The van der Waals surface area contributed by atoms with E-state index in [9.17, 15) is 0 Å². The van der Waals surface area contributed by atoms with Crippen LogP contribution in [-0.2, 0) is 0 Å². The summed E-state index contributed by atoms with van der Waals surface area (Å²) in [6.07, 6.45) is 1.94. The van der Waals surface area contributed by atoms with Crippen molar-refractivity contribution in [3.63, 3.8) is 0 Å². The van der Waals surface area contributed by atoms with E-state index in [1.165, 1.54) is 0 Å². The Morgan fingerprint density at radius 2 is 1.58 bits per heavy atom. The lowest BCUT2D eigenvalue weighted by Gasteiger charge is -2.14. The Bertz CT molecular complexity index is 80.6. The van der Waals surface area contributed by atoms with E-state index in [2.05, 4.69) is 25.3 Å². The average Bonchev–Trinajstić information content (AvgIpc) is 2.14. The normalized spacial score (nSPS) is 9.08. The van der Waals surface area contributed by atoms with E-state index < -0.39 is 0 Å². The molecule has 0 rings (SSSR count). The number of likely N-dealkylation sites (N-methyl/N-ethyl adjacent to an activating group) is 1. The predicted molar refractivity (Wildman–Crippen MR) is 52.2 cm³/mol. The molecule has 0 unspecified atom stereocenters. The van der Waals surface area contributed by atoms with Gasteiger partial charge >= 0.3 is 0 Å². The van der Waals surface area contributed by atoms with Crippen molar-refractivity contribution in [2.75, 3.05) is 32.8 Å². The van der Waals surface area contributed by atoms with Crippen LogP contribution in [0.25, 0.3) is 0 Å². The highest BCUT2D eigenvalue weighted by Gasteiger charge is 1.90. The topological polar surface area (TPSA) is 43.7 Å². The summed E-state index contributed by atoms with van der Waals surface area (Å²) in [6.45, 7) is 11.0. The van der Waals surface area contributed by atoms with E-state index in [0.29, 0.717) is 0 Å². The van der Waals surface area contributed by atoms with Gasteiger partial charge in [0.2, 0.25) is 0 Å². The predicted octanol–water partition coefficient (Wildman–Crippen LogP) is 0.485. The summed E-state index contributed by atoms with van der Waals surface area (Å²) in [5, 5.41) is 15.2. The molecule has 0 aliphatic rings. The summed E-state index contributed by atoms with van der Waals surface area (Å²) in [5.41, 5.74) is 0. The summed E-state index contributed by atoms with van der Waals surface area (Å²) in [7, 11) is 0. The molecule has 0 heterocycles. The SMILES string of the molecule is C=CCN(CC)CC.OCCO. The van der Waals surface area contributed by atoms with Crippen LogP contribution in [-0.4, -0.2) is 48.0 Å². The molecule has 3 nitrogen and oxygen atoms in total. The van der Waals surface area contributed by atoms with Gasteiger partial charge in [0.25, 0.3) is 0 Å². The van der Waals surface area contributed by atoms with Gasteiger partial charge in [-0.25, -0.2) is 0 Å². The van der Waals surface area contributed by atoms with Crippen molar-refractivity contribution in [3.05, 3.63) is 12.7 Å². The lowest BCUT2D eigenvalue weighted by atomic mass is 10.5. The zero-order chi connectivity index (χ0) is 9.82. The lowest BCUT2D eigenvalue weighted by molar-refractivity contribution is 0.186. The van der Waals surface area contributed by atoms with Crippen LogP contribution in [0.4, 0.5) is 0 Å². The first-order valence-corrected chi connectivity index (χ1v) is 4.31. The van der Waals surface area contributed by atoms with E-state index in [-0.39, 0.29) is 13.2 Å². The van der Waals surface area contributed by atoms with E-state index >= 15 is 0 Å². The molecule has 0 amide bonds. The van der Waals surface area contributed by atoms with Gasteiger partial charge in [-0.1, -0.05) is 19.9 Å². The van der Waals surface area contributed by atoms with Crippen LogP contribution < -0.4 is 0 Å². The first-order chi connectivity index (χ1) is 5.76. The summed E-state index contributed by atoms with van der Waals surface area (Å²) >= 11 is 0. The van der Waals surface area contributed by atoms with Crippen molar-refractivity contribution in [2.24, 2.45) is 0 Å². The van der Waals surface area contributed by atoms with Crippen LogP contribution in [0, 0.1) is 0 Å². The van der Waals surface area contributed by atoms with Gasteiger partial charge in [-0.3, -0.25) is 0 Å². The minimum Gasteiger partial charge on any atom is -0.394 e. The van der Waals surface area contributed by atoms with Gasteiger partial charge in [-0.05, 0) is 13.1 Å². The van der Waals surface area contributed by atoms with Crippen LogP contribution >= 0.6 is 0 Å². The van der Waals surface area contributed by atoms with Gasteiger partial charge in [0.1, 0.15) is 0 Å². The third kappa shape index (κ3) is 12.3. The number of nitrogens with zero attached hydrogens (tertiary/aromatic N) is 1. The Balaban J connectivity index is 0. The number of aliphatic hydroxyl groups excluding tert-OH is 2. The summed E-state index contributed by atoms with van der Waals surface area (Å²) in [5.74, 6) is 0. The fourth-order valence-corrected chi connectivity index (χ4v) is 0.664. The zero-order valence-corrected chi connectivity index (χ0v) is 8.16. The molecule has 0 aliphatic heterocycles. The van der Waals surface area contributed by atoms with Crippen molar-refractivity contribution in [1.82, 2.24) is 4.90 Å². The van der Waals surface area contributed by atoms with Crippen molar-refractivity contribution in [3.8, 4) is 0 Å². The third-order valence-electron chi connectivity index (χ3n) is 1.38. The van der Waals surface area contributed by atoms with E-state index in [1.54, 1.807) is 0 Å². The first-order valence-electron chi connectivity index (χ1n) is 4.31. The molecule has 12 heavy (non-hydrogen) atoms. The highest BCUT2D eigenvalue weighted by Crippen LogP contribution is 1.84. The minimum absolute atomic E-state index is 0.125. The van der Waals surface area contributed by atoms with E-state index in [1.807, 2.05) is 6.08 Å².